The third-order valence-electron chi connectivity index (χ3n) is 5.89. The van der Waals surface area contributed by atoms with Crippen LogP contribution in [0.4, 0.5) is 17.1 Å². The number of thioether (sulfide) groups is 1. The van der Waals surface area contributed by atoms with Crippen LogP contribution in [0.2, 0.25) is 0 Å². The van der Waals surface area contributed by atoms with Gasteiger partial charge in [-0.2, -0.15) is 0 Å². The van der Waals surface area contributed by atoms with Gasteiger partial charge in [0.25, 0.3) is 0 Å². The standard InChI is InChI=1S/C31H29N3O2S2/c1-20-12-13-21(2)28(18-20)34-30(36)29(24-8-5-4-6-9-24)38-27-11-7-10-26(19-27)33-31(37)32-25-16-14-23(15-17-25)22(3)35/h4-19,29H,1-3H3,(H,34,36)(H2,32,33,37). The molecule has 0 fully saturated rings. The molecule has 0 saturated carbocycles. The van der Waals surface area contributed by atoms with Gasteiger partial charge in [0.2, 0.25) is 5.91 Å². The van der Waals surface area contributed by atoms with Crippen LogP contribution in [-0.2, 0) is 4.79 Å². The molecule has 0 spiro atoms. The van der Waals surface area contributed by atoms with Crippen LogP contribution in [0.5, 0.6) is 0 Å². The molecule has 0 bridgehead atoms. The Morgan fingerprint density at radius 1 is 0.763 bits per heavy atom. The predicted molar refractivity (Wildman–Crippen MR) is 162 cm³/mol. The Kier molecular flexibility index (Phi) is 8.94. The summed E-state index contributed by atoms with van der Waals surface area (Å²) in [5.74, 6) is -0.0671. The van der Waals surface area contributed by atoms with E-state index >= 15 is 0 Å². The van der Waals surface area contributed by atoms with Crippen LogP contribution in [0.15, 0.2) is 102 Å². The molecule has 0 aliphatic carbocycles. The molecule has 192 valence electrons. The number of amides is 1. The summed E-state index contributed by atoms with van der Waals surface area (Å²) in [5, 5.41) is 9.45. The highest BCUT2D eigenvalue weighted by Crippen LogP contribution is 2.37. The van der Waals surface area contributed by atoms with Gasteiger partial charge in [-0.05, 0) is 98.2 Å². The monoisotopic (exact) mass is 539 g/mol. The summed E-state index contributed by atoms with van der Waals surface area (Å²) in [6.07, 6.45) is 0. The normalized spacial score (nSPS) is 11.3. The first-order chi connectivity index (χ1) is 18.3. The van der Waals surface area contributed by atoms with Crippen LogP contribution in [0, 0.1) is 13.8 Å². The van der Waals surface area contributed by atoms with Crippen LogP contribution >= 0.6 is 24.0 Å². The van der Waals surface area contributed by atoms with Crippen molar-refractivity contribution in [2.24, 2.45) is 0 Å². The number of benzene rings is 4. The average Bonchev–Trinajstić information content (AvgIpc) is 2.90. The molecule has 1 unspecified atom stereocenters. The van der Waals surface area contributed by atoms with E-state index in [1.54, 1.807) is 12.1 Å². The van der Waals surface area contributed by atoms with E-state index in [-0.39, 0.29) is 11.7 Å². The van der Waals surface area contributed by atoms with Gasteiger partial charge in [0.05, 0.1) is 0 Å². The van der Waals surface area contributed by atoms with Gasteiger partial charge in [0.15, 0.2) is 10.9 Å². The second kappa shape index (κ2) is 12.5. The molecule has 1 amide bonds. The largest absolute Gasteiger partial charge is 0.332 e. The van der Waals surface area contributed by atoms with Gasteiger partial charge in [0, 0.05) is 27.5 Å². The molecular formula is C31H29N3O2S2. The number of thiocarbonyl (C=S) groups is 1. The van der Waals surface area contributed by atoms with Gasteiger partial charge in [-0.15, -0.1) is 11.8 Å². The number of aryl methyl sites for hydroxylation is 2. The Morgan fingerprint density at radius 3 is 2.18 bits per heavy atom. The average molecular weight is 540 g/mol. The summed E-state index contributed by atoms with van der Waals surface area (Å²) in [6, 6.07) is 30.8. The van der Waals surface area contributed by atoms with E-state index in [1.807, 2.05) is 98.8 Å². The van der Waals surface area contributed by atoms with Crippen molar-refractivity contribution in [1.29, 1.82) is 0 Å². The lowest BCUT2D eigenvalue weighted by molar-refractivity contribution is -0.115. The van der Waals surface area contributed by atoms with Crippen molar-refractivity contribution in [2.75, 3.05) is 16.0 Å². The summed E-state index contributed by atoms with van der Waals surface area (Å²) in [4.78, 5) is 25.9. The first-order valence-corrected chi connectivity index (χ1v) is 13.5. The van der Waals surface area contributed by atoms with Crippen molar-refractivity contribution in [3.05, 3.63) is 119 Å². The lowest BCUT2D eigenvalue weighted by Crippen LogP contribution is -2.20. The molecule has 7 heteroatoms. The quantitative estimate of drug-likeness (QED) is 0.121. The highest BCUT2D eigenvalue weighted by Gasteiger charge is 2.23. The van der Waals surface area contributed by atoms with Gasteiger partial charge in [0.1, 0.15) is 5.25 Å². The number of carbonyl (C=O) groups excluding carboxylic acids is 2. The minimum atomic E-state index is -0.448. The summed E-state index contributed by atoms with van der Waals surface area (Å²) < 4.78 is 0. The lowest BCUT2D eigenvalue weighted by atomic mass is 10.1. The van der Waals surface area contributed by atoms with Crippen molar-refractivity contribution in [3.63, 3.8) is 0 Å². The molecule has 0 aliphatic heterocycles. The molecule has 38 heavy (non-hydrogen) atoms. The molecule has 4 aromatic carbocycles. The zero-order valence-corrected chi connectivity index (χ0v) is 23.1. The van der Waals surface area contributed by atoms with E-state index in [4.69, 9.17) is 12.2 Å². The Morgan fingerprint density at radius 2 is 1.47 bits per heavy atom. The highest BCUT2D eigenvalue weighted by atomic mass is 32.2. The van der Waals surface area contributed by atoms with E-state index < -0.39 is 5.25 Å². The molecule has 1 atom stereocenters. The highest BCUT2D eigenvalue weighted by molar-refractivity contribution is 8.00. The second-order valence-corrected chi connectivity index (χ2v) is 10.5. The smallest absolute Gasteiger partial charge is 0.242 e. The van der Waals surface area contributed by atoms with Crippen molar-refractivity contribution < 1.29 is 9.59 Å². The Hall–Kier alpha value is -3.94. The van der Waals surface area contributed by atoms with E-state index in [2.05, 4.69) is 16.0 Å². The zero-order valence-electron chi connectivity index (χ0n) is 21.4. The molecule has 4 rings (SSSR count). The number of hydrogen-bond donors (Lipinski definition) is 3. The molecular weight excluding hydrogens is 510 g/mol. The van der Waals surface area contributed by atoms with Crippen LogP contribution < -0.4 is 16.0 Å². The molecule has 0 radical (unpaired) electrons. The van der Waals surface area contributed by atoms with E-state index in [9.17, 15) is 9.59 Å². The number of hydrogen-bond acceptors (Lipinski definition) is 4. The molecule has 0 saturated heterocycles. The Balaban J connectivity index is 1.48. The Labute approximate surface area is 233 Å². The van der Waals surface area contributed by atoms with Crippen molar-refractivity contribution in [1.82, 2.24) is 0 Å². The van der Waals surface area contributed by atoms with E-state index in [0.717, 1.165) is 38.6 Å². The number of carbonyl (C=O) groups is 2. The SMILES string of the molecule is CC(=O)c1ccc(NC(=S)Nc2cccc(SC(C(=O)Nc3cc(C)ccc3C)c3ccccc3)c2)cc1. The van der Waals surface area contributed by atoms with Crippen molar-refractivity contribution in [2.45, 2.75) is 30.9 Å². The summed E-state index contributed by atoms with van der Waals surface area (Å²) in [7, 11) is 0. The van der Waals surface area contributed by atoms with Crippen molar-refractivity contribution >= 4 is 57.8 Å². The number of nitrogens with one attached hydrogen (secondary N) is 3. The topological polar surface area (TPSA) is 70.2 Å². The number of anilines is 3. The van der Waals surface area contributed by atoms with Gasteiger partial charge in [-0.1, -0.05) is 48.5 Å². The number of rotatable bonds is 8. The maximum atomic E-state index is 13.5. The second-order valence-electron chi connectivity index (χ2n) is 8.96. The zero-order chi connectivity index (χ0) is 27.1. The fourth-order valence-electron chi connectivity index (χ4n) is 3.83. The molecule has 0 heterocycles. The fourth-order valence-corrected chi connectivity index (χ4v) is 5.15. The van der Waals surface area contributed by atoms with Gasteiger partial charge in [-0.25, -0.2) is 0 Å². The third-order valence-corrected chi connectivity index (χ3v) is 7.34. The van der Waals surface area contributed by atoms with E-state index in [0.29, 0.717) is 10.7 Å². The first-order valence-electron chi connectivity index (χ1n) is 12.2. The number of ketones is 1. The van der Waals surface area contributed by atoms with Gasteiger partial charge in [-0.3, -0.25) is 9.59 Å². The maximum Gasteiger partial charge on any atom is 0.242 e. The van der Waals surface area contributed by atoms with Crippen LogP contribution in [0.1, 0.15) is 39.2 Å². The minimum Gasteiger partial charge on any atom is -0.332 e. The summed E-state index contributed by atoms with van der Waals surface area (Å²) in [6.45, 7) is 5.54. The molecule has 4 aromatic rings. The van der Waals surface area contributed by atoms with Crippen LogP contribution in [0.25, 0.3) is 0 Å². The predicted octanol–water partition coefficient (Wildman–Crippen LogP) is 7.79. The first kappa shape index (κ1) is 27.1. The third kappa shape index (κ3) is 7.31. The van der Waals surface area contributed by atoms with Gasteiger partial charge >= 0.3 is 0 Å². The van der Waals surface area contributed by atoms with Crippen LogP contribution in [0.3, 0.4) is 0 Å². The molecule has 5 nitrogen and oxygen atoms in total. The summed E-state index contributed by atoms with van der Waals surface area (Å²) >= 11 is 6.97. The summed E-state index contributed by atoms with van der Waals surface area (Å²) in [5.41, 5.74) is 6.08. The Bertz CT molecular complexity index is 1450. The van der Waals surface area contributed by atoms with E-state index in [1.165, 1.54) is 18.7 Å². The molecule has 0 aliphatic rings. The van der Waals surface area contributed by atoms with Crippen molar-refractivity contribution in [3.8, 4) is 0 Å². The maximum absolute atomic E-state index is 13.5. The van der Waals surface area contributed by atoms with Gasteiger partial charge < -0.3 is 16.0 Å². The molecule has 3 N–H and O–H groups in total. The van der Waals surface area contributed by atoms with Crippen LogP contribution in [-0.4, -0.2) is 16.8 Å². The lowest BCUT2D eigenvalue weighted by Gasteiger charge is -2.19. The molecule has 0 aromatic heterocycles. The number of Topliss-reactive ketones (excluding diaryl/α,β-unsaturated/α-hetero) is 1. The fraction of sp³-hybridized carbons (Fsp3) is 0.129. The minimum absolute atomic E-state index is 0.0167.